The van der Waals surface area contributed by atoms with Crippen molar-refractivity contribution in [3.63, 3.8) is 0 Å². The maximum absolute atomic E-state index is 11.6. The Hall–Kier alpha value is -0.910. The average molecular weight is 126 g/mol. The fourth-order valence-electron chi connectivity index (χ4n) is 0.247. The second kappa shape index (κ2) is 1.55. The van der Waals surface area contributed by atoms with E-state index >= 15 is 0 Å². The number of hydrogen-bond acceptors (Lipinski definition) is 3. The number of halogens is 3. The summed E-state index contributed by atoms with van der Waals surface area (Å²) in [4.78, 5) is 3.56. The molecule has 1 heterocycles. The summed E-state index contributed by atoms with van der Waals surface area (Å²) in [5.41, 5.74) is 0. The lowest BCUT2D eigenvalue weighted by molar-refractivity contribution is -0.389. The molecule has 1 rings (SSSR count). The van der Waals surface area contributed by atoms with Crippen LogP contribution < -0.4 is 0 Å². The third-order valence-corrected chi connectivity index (χ3v) is 0.551. The summed E-state index contributed by atoms with van der Waals surface area (Å²) in [6.45, 7) is 0. The van der Waals surface area contributed by atoms with Gasteiger partial charge < -0.3 is 4.84 Å². The Bertz CT molecular complexity index is 126. The van der Waals surface area contributed by atoms with E-state index in [9.17, 15) is 13.4 Å². The summed E-state index contributed by atoms with van der Waals surface area (Å²) in [6, 6.07) is 0. The van der Waals surface area contributed by atoms with E-state index in [1.165, 1.54) is 0 Å². The van der Waals surface area contributed by atoms with E-state index in [0.717, 1.165) is 0 Å². The molecule has 1 aliphatic rings. The van der Waals surface area contributed by atoms with Gasteiger partial charge in [0.15, 0.2) is 11.7 Å². The zero-order valence-corrected chi connectivity index (χ0v) is 3.51. The van der Waals surface area contributed by atoms with Crippen LogP contribution in [0.1, 0.15) is 0 Å². The summed E-state index contributed by atoms with van der Waals surface area (Å²) in [6.07, 6.45) is 0.292. The fraction of sp³-hybridized carbons (Fsp3) is 0. The molecule has 0 saturated heterocycles. The van der Waals surface area contributed by atoms with Gasteiger partial charge in [0.1, 0.15) is 0 Å². The highest BCUT2D eigenvalue weighted by Gasteiger charge is 2.26. The third kappa shape index (κ3) is 0.583. The zero-order valence-electron chi connectivity index (χ0n) is 3.51. The average Bonchev–Trinajstić information content (AvgIpc) is 1.98. The van der Waals surface area contributed by atoms with E-state index < -0.39 is 16.6 Å². The molecule has 0 fully saturated rings. The highest BCUT2D eigenvalue weighted by Crippen LogP contribution is 2.18. The first-order valence-corrected chi connectivity index (χ1v) is 1.66. The van der Waals surface area contributed by atoms with Gasteiger partial charge in [0.2, 0.25) is 0 Å². The van der Waals surface area contributed by atoms with Gasteiger partial charge in [0.25, 0.3) is 5.95 Å². The minimum absolute atomic E-state index is 0.292. The van der Waals surface area contributed by atoms with Crippen molar-refractivity contribution in [1.29, 1.82) is 0 Å². The second-order valence-corrected chi connectivity index (χ2v) is 1.03. The Morgan fingerprint density at radius 3 is 2.25 bits per heavy atom. The van der Waals surface area contributed by atoms with Crippen molar-refractivity contribution in [3.05, 3.63) is 12.2 Å². The summed E-state index contributed by atoms with van der Waals surface area (Å²) >= 11 is 0. The third-order valence-electron chi connectivity index (χ3n) is 0.551. The highest BCUT2D eigenvalue weighted by molar-refractivity contribution is 4.80. The van der Waals surface area contributed by atoms with Crippen molar-refractivity contribution in [3.8, 4) is 0 Å². The molecule has 0 aromatic carbocycles. The van der Waals surface area contributed by atoms with Crippen LogP contribution in [0.5, 0.6) is 0 Å². The van der Waals surface area contributed by atoms with Crippen molar-refractivity contribution in [2.45, 2.75) is 0 Å². The van der Waals surface area contributed by atoms with Crippen molar-refractivity contribution in [2.24, 2.45) is 0 Å². The normalized spacial score (nSPS) is 20.9. The maximum Gasteiger partial charge on any atom is 0.278 e. The topological polar surface area (TPSA) is 15.7 Å². The van der Waals surface area contributed by atoms with Crippen LogP contribution in [0.4, 0.5) is 13.4 Å². The van der Waals surface area contributed by atoms with Crippen molar-refractivity contribution < 1.29 is 18.2 Å². The molecule has 0 bridgehead atoms. The molecule has 1 aliphatic heterocycles. The molecule has 0 aliphatic carbocycles. The van der Waals surface area contributed by atoms with E-state index in [4.69, 9.17) is 0 Å². The number of rotatable bonds is 0. The Labute approximate surface area is 42.3 Å². The number of nitrogens with zero attached hydrogens (tertiary/aromatic N) is 2. The summed E-state index contributed by atoms with van der Waals surface area (Å²) in [5, 5.41) is -1.80. The Balaban J connectivity index is 2.59. The predicted octanol–water partition coefficient (Wildman–Crippen LogP) is 0.988. The van der Waals surface area contributed by atoms with Crippen molar-refractivity contribution in [2.75, 3.05) is 0 Å². The smallest absolute Gasteiger partial charge is 0.278 e. The van der Waals surface area contributed by atoms with Gasteiger partial charge in [0.05, 0.1) is 0 Å². The predicted molar refractivity (Wildman–Crippen MR) is 16.2 cm³/mol. The van der Waals surface area contributed by atoms with Gasteiger partial charge in [-0.1, -0.05) is 8.96 Å². The summed E-state index contributed by atoms with van der Waals surface area (Å²) in [7, 11) is 0. The Kier molecular flexibility index (Phi) is 1.01. The Morgan fingerprint density at radius 2 is 2.12 bits per heavy atom. The Morgan fingerprint density at radius 1 is 1.50 bits per heavy atom. The molecule has 0 radical (unpaired) electrons. The summed E-state index contributed by atoms with van der Waals surface area (Å²) < 4.78 is 34.5. The van der Waals surface area contributed by atoms with E-state index in [1.54, 1.807) is 0 Å². The highest BCUT2D eigenvalue weighted by atomic mass is 19.3. The first kappa shape index (κ1) is 5.23. The van der Waals surface area contributed by atoms with Crippen LogP contribution in [-0.2, 0) is 4.84 Å². The zero-order chi connectivity index (χ0) is 6.15. The van der Waals surface area contributed by atoms with Crippen LogP contribution in [-0.4, -0.2) is 10.6 Å². The van der Waals surface area contributed by atoms with Gasteiger partial charge in [-0.2, -0.15) is 4.39 Å². The largest absolute Gasteiger partial charge is 0.360 e. The minimum Gasteiger partial charge on any atom is -0.360 e. The van der Waals surface area contributed by atoms with Crippen LogP contribution in [0.2, 0.25) is 0 Å². The molecule has 0 N–H and O–H groups in total. The van der Waals surface area contributed by atoms with Crippen LogP contribution in [0.25, 0.3) is 0 Å². The second-order valence-electron chi connectivity index (χ2n) is 1.03. The molecular weight excluding hydrogens is 125 g/mol. The van der Waals surface area contributed by atoms with E-state index in [0.29, 0.717) is 6.26 Å². The van der Waals surface area contributed by atoms with Crippen molar-refractivity contribution in [1.82, 2.24) is 10.6 Å². The monoisotopic (exact) mass is 126 g/mol. The number of hydrogen-bond donors (Lipinski definition) is 0. The molecular formula is C2HF3N2O. The minimum atomic E-state index is -1.42. The number of hydrazine groups is 1. The van der Waals surface area contributed by atoms with E-state index in [1.807, 2.05) is 0 Å². The first-order valence-electron chi connectivity index (χ1n) is 1.66. The van der Waals surface area contributed by atoms with Gasteiger partial charge in [-0.25, -0.2) is 0 Å². The molecule has 0 unspecified atom stereocenters. The molecule has 3 nitrogen and oxygen atoms in total. The lowest BCUT2D eigenvalue weighted by atomic mass is 11.0. The molecule has 0 spiro atoms. The van der Waals surface area contributed by atoms with E-state index in [-0.39, 0.29) is 0 Å². The fourth-order valence-corrected chi connectivity index (χ4v) is 0.247. The SMILES string of the molecule is FC1=CON(F)N1F. The molecule has 0 aromatic rings. The molecule has 0 aromatic heterocycles. The molecule has 8 heavy (non-hydrogen) atoms. The van der Waals surface area contributed by atoms with Crippen LogP contribution >= 0.6 is 0 Å². The van der Waals surface area contributed by atoms with Gasteiger partial charge in [0, 0.05) is 0 Å². The molecule has 0 saturated carbocycles. The quantitative estimate of drug-likeness (QED) is 0.355. The maximum atomic E-state index is 11.6. The van der Waals surface area contributed by atoms with Crippen molar-refractivity contribution >= 4 is 0 Å². The van der Waals surface area contributed by atoms with Crippen LogP contribution in [0.15, 0.2) is 12.2 Å². The molecule has 6 heteroatoms. The molecule has 0 atom stereocenters. The molecule has 46 valence electrons. The standard InChI is InChI=1S/C2HF3N2O/c3-2-1-8-7(5)6(2)4/h1H. The summed E-state index contributed by atoms with van der Waals surface area (Å²) in [5.74, 6) is -1.42. The molecule has 0 amide bonds. The van der Waals surface area contributed by atoms with Gasteiger partial charge in [-0.05, 0) is 5.23 Å². The van der Waals surface area contributed by atoms with E-state index in [2.05, 4.69) is 4.84 Å². The first-order chi connectivity index (χ1) is 3.72. The van der Waals surface area contributed by atoms with Gasteiger partial charge in [-0.3, -0.25) is 0 Å². The van der Waals surface area contributed by atoms with Crippen LogP contribution in [0, 0.1) is 0 Å². The lowest BCUT2D eigenvalue weighted by Crippen LogP contribution is -2.19. The van der Waals surface area contributed by atoms with Gasteiger partial charge >= 0.3 is 0 Å². The van der Waals surface area contributed by atoms with Gasteiger partial charge in [-0.15, -0.1) is 0 Å². The lowest BCUT2D eigenvalue weighted by Gasteiger charge is -2.04. The van der Waals surface area contributed by atoms with Crippen LogP contribution in [0.3, 0.4) is 0 Å².